The molecule has 0 N–H and O–H groups in total. The van der Waals surface area contributed by atoms with E-state index >= 15 is 0 Å². The second kappa shape index (κ2) is 6.69. The summed E-state index contributed by atoms with van der Waals surface area (Å²) in [5, 5.41) is 0. The summed E-state index contributed by atoms with van der Waals surface area (Å²) in [6.45, 7) is 7.75. The van der Waals surface area contributed by atoms with E-state index in [9.17, 15) is 4.79 Å². The average molecular weight is 302 g/mol. The summed E-state index contributed by atoms with van der Waals surface area (Å²) in [5.41, 5.74) is 1.15. The summed E-state index contributed by atoms with van der Waals surface area (Å²) < 4.78 is 5.99. The predicted molar refractivity (Wildman–Crippen MR) is 87.1 cm³/mol. The lowest BCUT2D eigenvalue weighted by Gasteiger charge is -2.42. The maximum Gasteiger partial charge on any atom is 0.240 e. The first-order valence-corrected chi connectivity index (χ1v) is 8.44. The number of para-hydroxylation sites is 1. The van der Waals surface area contributed by atoms with Gasteiger partial charge in [-0.3, -0.25) is 9.69 Å². The minimum atomic E-state index is 0.0712. The van der Waals surface area contributed by atoms with E-state index in [0.717, 1.165) is 43.9 Å². The molecule has 0 bridgehead atoms. The van der Waals surface area contributed by atoms with Crippen molar-refractivity contribution in [1.29, 1.82) is 0 Å². The number of rotatable bonds is 5. The van der Waals surface area contributed by atoms with Crippen LogP contribution in [-0.2, 0) is 4.79 Å². The second-order valence-electron chi connectivity index (χ2n) is 6.42. The molecule has 2 aliphatic heterocycles. The number of aryl methyl sites for hydroxylation is 1. The van der Waals surface area contributed by atoms with E-state index in [2.05, 4.69) is 24.8 Å². The molecule has 0 aromatic heterocycles. The first kappa shape index (κ1) is 15.3. The van der Waals surface area contributed by atoms with Crippen LogP contribution in [0, 0.1) is 6.92 Å². The van der Waals surface area contributed by atoms with Crippen LogP contribution in [0.25, 0.3) is 0 Å². The van der Waals surface area contributed by atoms with Crippen molar-refractivity contribution in [2.24, 2.45) is 0 Å². The molecule has 0 saturated carbocycles. The van der Waals surface area contributed by atoms with Gasteiger partial charge in [0, 0.05) is 0 Å². The fraction of sp³-hybridized carbons (Fsp3) is 0.611. The number of nitrogens with zero attached hydrogens (tertiary/aromatic N) is 2. The van der Waals surface area contributed by atoms with Gasteiger partial charge in [-0.1, -0.05) is 25.1 Å². The molecule has 1 aromatic rings. The number of ether oxygens (including phenoxy) is 1. The van der Waals surface area contributed by atoms with Crippen molar-refractivity contribution < 1.29 is 9.53 Å². The van der Waals surface area contributed by atoms with Crippen LogP contribution in [-0.4, -0.2) is 54.0 Å². The summed E-state index contributed by atoms with van der Waals surface area (Å²) in [4.78, 5) is 16.9. The highest BCUT2D eigenvalue weighted by atomic mass is 16.5. The molecular formula is C18H26N2O2. The Morgan fingerprint density at radius 2 is 1.95 bits per heavy atom. The number of carbonyl (C=O) groups excluding carboxylic acids is 1. The maximum atomic E-state index is 12.6. The van der Waals surface area contributed by atoms with E-state index in [-0.39, 0.29) is 18.1 Å². The Balaban J connectivity index is 1.52. The Bertz CT molecular complexity index is 520. The molecule has 2 heterocycles. The summed E-state index contributed by atoms with van der Waals surface area (Å²) in [5.74, 6) is 1.22. The SMILES string of the molecule is CC[C@@H](C(=O)N1CC(Oc2ccccc2C)C1)N1CCCC1. The number of amides is 1. The third-order valence-electron chi connectivity index (χ3n) is 4.80. The first-order valence-electron chi connectivity index (χ1n) is 8.44. The van der Waals surface area contributed by atoms with Crippen molar-refractivity contribution in [3.05, 3.63) is 29.8 Å². The Morgan fingerprint density at radius 1 is 1.27 bits per heavy atom. The number of benzene rings is 1. The molecule has 4 nitrogen and oxygen atoms in total. The Morgan fingerprint density at radius 3 is 2.59 bits per heavy atom. The molecule has 4 heteroatoms. The fourth-order valence-corrected chi connectivity index (χ4v) is 3.41. The van der Waals surface area contributed by atoms with Gasteiger partial charge in [0.1, 0.15) is 11.9 Å². The van der Waals surface area contributed by atoms with Crippen molar-refractivity contribution in [3.8, 4) is 5.75 Å². The van der Waals surface area contributed by atoms with Gasteiger partial charge in [0.15, 0.2) is 0 Å². The number of hydrogen-bond donors (Lipinski definition) is 0. The van der Waals surface area contributed by atoms with E-state index in [1.54, 1.807) is 0 Å². The van der Waals surface area contributed by atoms with E-state index in [4.69, 9.17) is 4.74 Å². The lowest BCUT2D eigenvalue weighted by Crippen LogP contribution is -2.60. The van der Waals surface area contributed by atoms with Gasteiger partial charge in [0.25, 0.3) is 0 Å². The first-order chi connectivity index (χ1) is 10.7. The number of hydrogen-bond acceptors (Lipinski definition) is 3. The predicted octanol–water partition coefficient (Wildman–Crippen LogP) is 2.46. The van der Waals surface area contributed by atoms with Crippen LogP contribution in [0.3, 0.4) is 0 Å². The zero-order chi connectivity index (χ0) is 15.5. The normalized spacial score (nSPS) is 20.7. The molecule has 2 aliphatic rings. The van der Waals surface area contributed by atoms with Crippen LogP contribution < -0.4 is 4.74 Å². The standard InChI is InChI=1S/C18H26N2O2/c1-3-16(19-10-6-7-11-19)18(21)20-12-15(13-20)22-17-9-5-4-8-14(17)2/h4-5,8-9,15-16H,3,6-7,10-13H2,1-2H3/t16-/m0/s1. The molecule has 3 rings (SSSR count). The van der Waals surface area contributed by atoms with Gasteiger partial charge in [-0.25, -0.2) is 0 Å². The third kappa shape index (κ3) is 3.12. The van der Waals surface area contributed by atoms with E-state index in [1.165, 1.54) is 12.8 Å². The van der Waals surface area contributed by atoms with Crippen LogP contribution in [0.1, 0.15) is 31.7 Å². The van der Waals surface area contributed by atoms with Gasteiger partial charge >= 0.3 is 0 Å². The molecule has 1 amide bonds. The van der Waals surface area contributed by atoms with Crippen molar-refractivity contribution in [1.82, 2.24) is 9.80 Å². The Labute approximate surface area is 133 Å². The quantitative estimate of drug-likeness (QED) is 0.837. The molecule has 1 aromatic carbocycles. The lowest BCUT2D eigenvalue weighted by molar-refractivity contribution is -0.145. The highest BCUT2D eigenvalue weighted by Crippen LogP contribution is 2.24. The molecule has 0 aliphatic carbocycles. The van der Waals surface area contributed by atoms with Gasteiger partial charge < -0.3 is 9.64 Å². The monoisotopic (exact) mass is 302 g/mol. The van der Waals surface area contributed by atoms with Crippen molar-refractivity contribution >= 4 is 5.91 Å². The Kier molecular flexibility index (Phi) is 4.67. The lowest BCUT2D eigenvalue weighted by atomic mass is 10.1. The van der Waals surface area contributed by atoms with Crippen LogP contribution in [0.4, 0.5) is 0 Å². The average Bonchev–Trinajstić information content (AvgIpc) is 2.99. The summed E-state index contributed by atoms with van der Waals surface area (Å²) >= 11 is 0. The molecular weight excluding hydrogens is 276 g/mol. The van der Waals surface area contributed by atoms with Gasteiger partial charge in [-0.15, -0.1) is 0 Å². The van der Waals surface area contributed by atoms with Gasteiger partial charge in [-0.05, 0) is 50.9 Å². The summed E-state index contributed by atoms with van der Waals surface area (Å²) in [6.07, 6.45) is 3.49. The van der Waals surface area contributed by atoms with Crippen LogP contribution in [0.5, 0.6) is 5.75 Å². The maximum absolute atomic E-state index is 12.6. The third-order valence-corrected chi connectivity index (χ3v) is 4.80. The minimum Gasteiger partial charge on any atom is -0.486 e. The molecule has 22 heavy (non-hydrogen) atoms. The fourth-order valence-electron chi connectivity index (χ4n) is 3.41. The van der Waals surface area contributed by atoms with Gasteiger partial charge in [0.2, 0.25) is 5.91 Å². The molecule has 2 saturated heterocycles. The van der Waals surface area contributed by atoms with Gasteiger partial charge in [0.05, 0.1) is 19.1 Å². The topological polar surface area (TPSA) is 32.8 Å². The Hall–Kier alpha value is -1.55. The number of likely N-dealkylation sites (tertiary alicyclic amines) is 2. The molecule has 0 radical (unpaired) electrons. The van der Waals surface area contributed by atoms with Crippen LogP contribution in [0.15, 0.2) is 24.3 Å². The van der Waals surface area contributed by atoms with Crippen LogP contribution in [0.2, 0.25) is 0 Å². The molecule has 2 fully saturated rings. The highest BCUT2D eigenvalue weighted by Gasteiger charge is 2.37. The second-order valence-corrected chi connectivity index (χ2v) is 6.42. The molecule has 120 valence electrons. The van der Waals surface area contributed by atoms with Crippen LogP contribution >= 0.6 is 0 Å². The van der Waals surface area contributed by atoms with E-state index in [0.29, 0.717) is 0 Å². The molecule has 0 unspecified atom stereocenters. The zero-order valence-corrected chi connectivity index (χ0v) is 13.6. The van der Waals surface area contributed by atoms with Crippen molar-refractivity contribution in [2.45, 2.75) is 45.3 Å². The largest absolute Gasteiger partial charge is 0.486 e. The van der Waals surface area contributed by atoms with E-state index < -0.39 is 0 Å². The summed E-state index contributed by atoms with van der Waals surface area (Å²) in [7, 11) is 0. The zero-order valence-electron chi connectivity index (χ0n) is 13.6. The molecule has 0 spiro atoms. The van der Waals surface area contributed by atoms with Crippen molar-refractivity contribution in [2.75, 3.05) is 26.2 Å². The summed E-state index contributed by atoms with van der Waals surface area (Å²) in [6, 6.07) is 8.13. The van der Waals surface area contributed by atoms with Crippen molar-refractivity contribution in [3.63, 3.8) is 0 Å². The minimum absolute atomic E-state index is 0.0712. The smallest absolute Gasteiger partial charge is 0.240 e. The van der Waals surface area contributed by atoms with Gasteiger partial charge in [-0.2, -0.15) is 0 Å². The highest BCUT2D eigenvalue weighted by molar-refractivity contribution is 5.82. The van der Waals surface area contributed by atoms with E-state index in [1.807, 2.05) is 23.1 Å². The molecule has 1 atom stereocenters. The number of carbonyl (C=O) groups is 1.